The molecule has 282 valence electrons. The first-order valence-corrected chi connectivity index (χ1v) is 19.3. The molecule has 1 unspecified atom stereocenters. The Kier molecular flexibility index (Phi) is 12.1. The number of fused-ring (bicyclic) bond motifs is 1. The predicted octanol–water partition coefficient (Wildman–Crippen LogP) is 2.68. The normalized spacial score (nSPS) is 22.7. The van der Waals surface area contributed by atoms with Crippen molar-refractivity contribution in [2.45, 2.75) is 96.8 Å². The Hall–Kier alpha value is -3.78. The van der Waals surface area contributed by atoms with Crippen LogP contribution in [-0.4, -0.2) is 98.0 Å². The lowest BCUT2D eigenvalue weighted by Gasteiger charge is -2.38. The molecule has 6 atom stereocenters. The molecule has 13 nitrogen and oxygen atoms in total. The molecule has 1 heterocycles. The summed E-state index contributed by atoms with van der Waals surface area (Å²) in [5, 5.41) is 11.1. The first-order valence-electron chi connectivity index (χ1n) is 17.8. The SMILES string of the molecule is C=CCNC(=O)C(=O)C(CC1CC1)NC(=O)[C@@H]1[C@@H]2[C@H](CN1C(=O)[C@@H](NC(=O)N[C@H](CN(C)S(=O)(=O)c1ccccc1)C(C)C)C(C)(C)C)C2(C)C. The van der Waals surface area contributed by atoms with Crippen LogP contribution in [0.1, 0.15) is 67.7 Å². The van der Waals surface area contributed by atoms with Gasteiger partial charge >= 0.3 is 6.03 Å². The summed E-state index contributed by atoms with van der Waals surface area (Å²) in [5.74, 6) is -2.47. The first kappa shape index (κ1) is 40.0. The van der Waals surface area contributed by atoms with Gasteiger partial charge in [0.05, 0.1) is 10.9 Å². The lowest BCUT2D eigenvalue weighted by molar-refractivity contribution is -0.145. The highest BCUT2D eigenvalue weighted by molar-refractivity contribution is 7.89. The van der Waals surface area contributed by atoms with Crippen LogP contribution in [0.3, 0.4) is 0 Å². The Balaban J connectivity index is 1.50. The Labute approximate surface area is 302 Å². The minimum absolute atomic E-state index is 0.00435. The van der Waals surface area contributed by atoms with Gasteiger partial charge in [0.15, 0.2) is 0 Å². The van der Waals surface area contributed by atoms with Gasteiger partial charge in [-0.05, 0) is 53.1 Å². The topological polar surface area (TPSA) is 174 Å². The quantitative estimate of drug-likeness (QED) is 0.150. The van der Waals surface area contributed by atoms with Gasteiger partial charge in [0.2, 0.25) is 27.6 Å². The number of amides is 5. The molecule has 1 saturated heterocycles. The summed E-state index contributed by atoms with van der Waals surface area (Å²) in [4.78, 5) is 69.5. The minimum atomic E-state index is -3.81. The highest BCUT2D eigenvalue weighted by atomic mass is 32.2. The number of benzene rings is 1. The molecule has 0 spiro atoms. The van der Waals surface area contributed by atoms with Gasteiger partial charge in [0, 0.05) is 32.7 Å². The monoisotopic (exact) mass is 728 g/mol. The lowest BCUT2D eigenvalue weighted by atomic mass is 9.85. The molecule has 2 saturated carbocycles. The van der Waals surface area contributed by atoms with Crippen LogP contribution in [0.5, 0.6) is 0 Å². The standard InChI is InChI=1S/C37H56N6O7S/c1-10-18-38-33(46)30(44)26(19-23-16-17-23)39-32(45)29-28-25(37(28,7)8)20-43(29)34(47)31(36(4,5)6)41-35(48)40-27(22(2)3)21-42(9)51(49,50)24-14-12-11-13-15-24/h10-15,22-23,25-29,31H,1,16-21H2,2-9H3,(H,38,46)(H,39,45)(H2,40,41,48)/t25-,26?,27+,28-,29-,31+/m0/s1. The van der Waals surface area contributed by atoms with Gasteiger partial charge < -0.3 is 26.2 Å². The van der Waals surface area contributed by atoms with Gasteiger partial charge in [-0.15, -0.1) is 6.58 Å². The molecule has 4 N–H and O–H groups in total. The number of hydrogen-bond acceptors (Lipinski definition) is 7. The Bertz CT molecular complexity index is 1600. The van der Waals surface area contributed by atoms with E-state index in [2.05, 4.69) is 27.8 Å². The number of nitrogens with one attached hydrogen (secondary N) is 4. The van der Waals surface area contributed by atoms with Crippen LogP contribution >= 0.6 is 0 Å². The van der Waals surface area contributed by atoms with E-state index in [1.807, 2.05) is 48.5 Å². The molecule has 3 aliphatic rings. The Morgan fingerprint density at radius 3 is 2.22 bits per heavy atom. The molecule has 2 aliphatic carbocycles. The number of likely N-dealkylation sites (tertiary alicyclic amines) is 1. The van der Waals surface area contributed by atoms with E-state index in [1.54, 1.807) is 18.2 Å². The van der Waals surface area contributed by atoms with E-state index >= 15 is 0 Å². The van der Waals surface area contributed by atoms with Gasteiger partial charge in [-0.25, -0.2) is 13.2 Å². The molecule has 1 aromatic carbocycles. The van der Waals surface area contributed by atoms with Crippen molar-refractivity contribution < 1.29 is 32.4 Å². The summed E-state index contributed by atoms with van der Waals surface area (Å²) in [5.41, 5.74) is -0.985. The summed E-state index contributed by atoms with van der Waals surface area (Å²) in [6, 6.07) is 3.86. The first-order chi connectivity index (χ1) is 23.7. The van der Waals surface area contributed by atoms with Gasteiger partial charge in [-0.2, -0.15) is 4.31 Å². The molecule has 0 radical (unpaired) electrons. The third-order valence-corrected chi connectivity index (χ3v) is 12.5. The molecule has 3 fully saturated rings. The molecule has 51 heavy (non-hydrogen) atoms. The van der Waals surface area contributed by atoms with Gasteiger partial charge in [0.1, 0.15) is 12.1 Å². The van der Waals surface area contributed by atoms with Crippen molar-refractivity contribution in [2.24, 2.45) is 34.5 Å². The second-order valence-electron chi connectivity index (χ2n) is 16.4. The average molecular weight is 729 g/mol. The number of nitrogens with zero attached hydrogens (tertiary/aromatic N) is 2. The maximum absolute atomic E-state index is 14.4. The third-order valence-electron chi connectivity index (χ3n) is 10.7. The van der Waals surface area contributed by atoms with E-state index in [1.165, 1.54) is 34.5 Å². The second kappa shape index (κ2) is 15.4. The predicted molar refractivity (Wildman–Crippen MR) is 194 cm³/mol. The van der Waals surface area contributed by atoms with E-state index in [9.17, 15) is 32.4 Å². The second-order valence-corrected chi connectivity index (χ2v) is 18.4. The molecule has 0 bridgehead atoms. The molecule has 1 aromatic rings. The van der Waals surface area contributed by atoms with E-state index in [-0.39, 0.29) is 47.1 Å². The highest BCUT2D eigenvalue weighted by Gasteiger charge is 2.70. The molecule has 0 aromatic heterocycles. The Morgan fingerprint density at radius 2 is 1.67 bits per heavy atom. The molecule has 1 aliphatic heterocycles. The fourth-order valence-electron chi connectivity index (χ4n) is 7.13. The van der Waals surface area contributed by atoms with Gasteiger partial charge in [-0.1, -0.05) is 85.6 Å². The number of likely N-dealkylation sites (N-methyl/N-ethyl adjacent to an activating group) is 1. The van der Waals surface area contributed by atoms with Crippen LogP contribution < -0.4 is 21.3 Å². The van der Waals surface area contributed by atoms with Crippen molar-refractivity contribution in [3.05, 3.63) is 43.0 Å². The number of Topliss-reactive ketones (excluding diaryl/α,β-unsaturated/α-hetero) is 1. The summed E-state index contributed by atoms with van der Waals surface area (Å²) in [7, 11) is -2.35. The Morgan fingerprint density at radius 1 is 1.04 bits per heavy atom. The number of urea groups is 1. The van der Waals surface area contributed by atoms with Crippen molar-refractivity contribution in [3.63, 3.8) is 0 Å². The number of carbonyl (C=O) groups excluding carboxylic acids is 5. The fourth-order valence-corrected chi connectivity index (χ4v) is 8.34. The van der Waals surface area contributed by atoms with Crippen molar-refractivity contribution >= 4 is 39.6 Å². The molecule has 4 rings (SSSR count). The van der Waals surface area contributed by atoms with E-state index in [0.29, 0.717) is 13.0 Å². The number of hydrogen-bond donors (Lipinski definition) is 4. The van der Waals surface area contributed by atoms with Gasteiger partial charge in [-0.3, -0.25) is 19.2 Å². The van der Waals surface area contributed by atoms with Crippen molar-refractivity contribution in [1.29, 1.82) is 0 Å². The number of ketones is 1. The summed E-state index contributed by atoms with van der Waals surface area (Å²) >= 11 is 0. The van der Waals surface area contributed by atoms with Crippen LogP contribution in [0.25, 0.3) is 0 Å². The zero-order chi connectivity index (χ0) is 38.1. The number of sulfonamides is 1. The molecule has 5 amide bonds. The van der Waals surface area contributed by atoms with Crippen molar-refractivity contribution in [1.82, 2.24) is 30.5 Å². The van der Waals surface area contributed by atoms with Crippen LogP contribution in [0.15, 0.2) is 47.9 Å². The van der Waals surface area contributed by atoms with Crippen molar-refractivity contribution in [3.8, 4) is 0 Å². The van der Waals surface area contributed by atoms with E-state index in [0.717, 1.165) is 12.8 Å². The lowest BCUT2D eigenvalue weighted by Crippen LogP contribution is -2.62. The zero-order valence-electron chi connectivity index (χ0n) is 31.2. The zero-order valence-corrected chi connectivity index (χ0v) is 32.0. The maximum Gasteiger partial charge on any atom is 0.315 e. The fraction of sp³-hybridized carbons (Fsp3) is 0.649. The van der Waals surface area contributed by atoms with Gasteiger partial charge in [0.25, 0.3) is 5.91 Å². The average Bonchev–Trinajstić information content (AvgIpc) is 3.92. The van der Waals surface area contributed by atoms with E-state index < -0.39 is 69.1 Å². The van der Waals surface area contributed by atoms with Crippen LogP contribution in [0.2, 0.25) is 0 Å². The minimum Gasteiger partial charge on any atom is -0.346 e. The number of rotatable bonds is 16. The van der Waals surface area contributed by atoms with Crippen molar-refractivity contribution in [2.75, 3.05) is 26.7 Å². The summed E-state index contributed by atoms with van der Waals surface area (Å²) < 4.78 is 27.6. The number of piperidine rings is 1. The highest BCUT2D eigenvalue weighted by Crippen LogP contribution is 2.65. The summed E-state index contributed by atoms with van der Waals surface area (Å²) in [6.07, 6.45) is 3.64. The number of carbonyl (C=O) groups is 5. The molecular formula is C37H56N6O7S. The smallest absolute Gasteiger partial charge is 0.315 e. The summed E-state index contributed by atoms with van der Waals surface area (Å²) in [6.45, 7) is 17.3. The largest absolute Gasteiger partial charge is 0.346 e. The van der Waals surface area contributed by atoms with Crippen LogP contribution in [0.4, 0.5) is 4.79 Å². The van der Waals surface area contributed by atoms with E-state index in [4.69, 9.17) is 0 Å². The van der Waals surface area contributed by atoms with Crippen LogP contribution in [0, 0.1) is 34.5 Å². The maximum atomic E-state index is 14.4. The molecule has 14 heteroatoms. The molecular weight excluding hydrogens is 673 g/mol. The third kappa shape index (κ3) is 9.18. The van der Waals surface area contributed by atoms with Crippen LogP contribution in [-0.2, 0) is 29.2 Å².